The van der Waals surface area contributed by atoms with E-state index in [0.717, 1.165) is 11.6 Å². The third-order valence-electron chi connectivity index (χ3n) is 4.17. The summed E-state index contributed by atoms with van der Waals surface area (Å²) in [7, 11) is 0. The van der Waals surface area contributed by atoms with Crippen molar-refractivity contribution < 1.29 is 18.7 Å². The predicted molar refractivity (Wildman–Crippen MR) is 118 cm³/mol. The highest BCUT2D eigenvalue weighted by atomic mass is 19.1. The third-order valence-corrected chi connectivity index (χ3v) is 4.17. The monoisotopic (exact) mass is 417 g/mol. The van der Waals surface area contributed by atoms with E-state index in [4.69, 9.17) is 10.1 Å². The van der Waals surface area contributed by atoms with E-state index in [9.17, 15) is 14.0 Å². The Morgan fingerprint density at radius 2 is 1.61 bits per heavy atom. The molecule has 0 radical (unpaired) electrons. The Morgan fingerprint density at radius 3 is 2.35 bits per heavy atom. The minimum atomic E-state index is -0.882. The van der Waals surface area contributed by atoms with Gasteiger partial charge in [-0.25, -0.2) is 4.39 Å². The zero-order chi connectivity index (χ0) is 22.1. The first-order valence-corrected chi connectivity index (χ1v) is 9.41. The molecule has 0 atom stereocenters. The van der Waals surface area contributed by atoms with Crippen LogP contribution in [0.2, 0.25) is 0 Å². The third kappa shape index (κ3) is 6.37. The average Bonchev–Trinajstić information content (AvgIpc) is 2.80. The van der Waals surface area contributed by atoms with E-state index >= 15 is 0 Å². The fourth-order valence-electron chi connectivity index (χ4n) is 2.58. The highest BCUT2D eigenvalue weighted by Gasteiger charge is 2.16. The second-order valence-electron chi connectivity index (χ2n) is 6.45. The molecule has 0 saturated heterocycles. The van der Waals surface area contributed by atoms with Gasteiger partial charge in [-0.05, 0) is 42.0 Å². The van der Waals surface area contributed by atoms with Gasteiger partial charge in [0.15, 0.2) is 5.71 Å². The highest BCUT2D eigenvalue weighted by molar-refractivity contribution is 6.68. The van der Waals surface area contributed by atoms with Crippen molar-refractivity contribution in [2.75, 3.05) is 10.6 Å². The summed E-state index contributed by atoms with van der Waals surface area (Å²) in [5, 5.41) is 13.0. The highest BCUT2D eigenvalue weighted by Crippen LogP contribution is 2.24. The van der Waals surface area contributed by atoms with Crippen LogP contribution >= 0.6 is 0 Å². The van der Waals surface area contributed by atoms with Gasteiger partial charge in [0.05, 0.1) is 5.69 Å². The van der Waals surface area contributed by atoms with E-state index in [2.05, 4.69) is 10.6 Å². The first kappa shape index (κ1) is 21.4. The molecule has 0 aromatic heterocycles. The first-order chi connectivity index (χ1) is 15.0. The van der Waals surface area contributed by atoms with Crippen LogP contribution in [0.25, 0.3) is 0 Å². The van der Waals surface area contributed by atoms with Crippen LogP contribution in [0.1, 0.15) is 5.56 Å². The maximum Gasteiger partial charge on any atom is 0.277 e. The van der Waals surface area contributed by atoms with Gasteiger partial charge >= 0.3 is 0 Å². The van der Waals surface area contributed by atoms with E-state index in [1.54, 1.807) is 12.1 Å². The largest absolute Gasteiger partial charge is 0.487 e. The summed E-state index contributed by atoms with van der Waals surface area (Å²) in [5.41, 5.74) is 1.19. The first-order valence-electron chi connectivity index (χ1n) is 9.41. The zero-order valence-electron chi connectivity index (χ0n) is 16.5. The molecule has 3 aromatic carbocycles. The number of hydrogen-bond donors (Lipinski definition) is 3. The SMILES string of the molecule is N=C(C(=O)/C=C\Nc1ccccc1OCc1ccccc1)C(=O)Nc1ccc(F)cc1. The van der Waals surface area contributed by atoms with Gasteiger partial charge in [-0.2, -0.15) is 0 Å². The second kappa shape index (κ2) is 10.5. The lowest BCUT2D eigenvalue weighted by atomic mass is 10.2. The Labute approximate surface area is 178 Å². The normalized spacial score (nSPS) is 10.5. The number of para-hydroxylation sites is 2. The lowest BCUT2D eigenvalue weighted by Gasteiger charge is -2.11. The molecule has 0 fully saturated rings. The molecule has 3 aromatic rings. The summed E-state index contributed by atoms with van der Waals surface area (Å²) in [6.07, 6.45) is 2.42. The fraction of sp³-hybridized carbons (Fsp3) is 0.0417. The number of ketones is 1. The molecule has 1 amide bonds. The summed E-state index contributed by atoms with van der Waals surface area (Å²) >= 11 is 0. The average molecular weight is 417 g/mol. The van der Waals surface area contributed by atoms with Gasteiger partial charge in [-0.3, -0.25) is 15.0 Å². The van der Waals surface area contributed by atoms with Crippen LogP contribution in [0.5, 0.6) is 5.75 Å². The predicted octanol–water partition coefficient (Wildman–Crippen LogP) is 4.56. The number of halogens is 1. The van der Waals surface area contributed by atoms with Gasteiger partial charge in [-0.15, -0.1) is 0 Å². The van der Waals surface area contributed by atoms with Crippen molar-refractivity contribution in [1.29, 1.82) is 5.41 Å². The number of benzene rings is 3. The number of allylic oxidation sites excluding steroid dienone is 1. The number of hydrogen-bond acceptors (Lipinski definition) is 5. The molecule has 0 aliphatic rings. The molecular weight excluding hydrogens is 397 g/mol. The van der Waals surface area contributed by atoms with Crippen LogP contribution < -0.4 is 15.4 Å². The van der Waals surface area contributed by atoms with Gasteiger partial charge in [-0.1, -0.05) is 42.5 Å². The van der Waals surface area contributed by atoms with Crippen molar-refractivity contribution in [3.05, 3.63) is 103 Å². The summed E-state index contributed by atoms with van der Waals surface area (Å²) in [6, 6.07) is 21.9. The Balaban J connectivity index is 1.55. The molecule has 0 heterocycles. The Kier molecular flexibility index (Phi) is 7.26. The van der Waals surface area contributed by atoms with Crippen LogP contribution in [0.15, 0.2) is 91.1 Å². The van der Waals surface area contributed by atoms with Crippen LogP contribution in [0.4, 0.5) is 15.8 Å². The summed E-state index contributed by atoms with van der Waals surface area (Å²) in [4.78, 5) is 24.1. The second-order valence-corrected chi connectivity index (χ2v) is 6.45. The summed E-state index contributed by atoms with van der Waals surface area (Å²) in [6.45, 7) is 0.385. The number of carbonyl (C=O) groups is 2. The lowest BCUT2D eigenvalue weighted by Crippen LogP contribution is -2.28. The smallest absolute Gasteiger partial charge is 0.277 e. The molecule has 0 bridgehead atoms. The van der Waals surface area contributed by atoms with Gasteiger partial charge in [0.1, 0.15) is 18.2 Å². The Bertz CT molecular complexity index is 1100. The van der Waals surface area contributed by atoms with Crippen molar-refractivity contribution in [2.24, 2.45) is 0 Å². The summed E-state index contributed by atoms with van der Waals surface area (Å²) < 4.78 is 18.7. The molecule has 0 aliphatic heterocycles. The van der Waals surface area contributed by atoms with Gasteiger partial charge < -0.3 is 15.4 Å². The number of anilines is 2. The molecule has 3 rings (SSSR count). The Morgan fingerprint density at radius 1 is 0.935 bits per heavy atom. The fourth-order valence-corrected chi connectivity index (χ4v) is 2.58. The molecule has 3 N–H and O–H groups in total. The zero-order valence-corrected chi connectivity index (χ0v) is 16.5. The maximum atomic E-state index is 12.9. The van der Waals surface area contributed by atoms with Crippen LogP contribution in [0, 0.1) is 11.2 Å². The minimum absolute atomic E-state index is 0.288. The number of rotatable bonds is 9. The van der Waals surface area contributed by atoms with Crippen molar-refractivity contribution >= 4 is 28.8 Å². The van der Waals surface area contributed by atoms with Crippen molar-refractivity contribution in [1.82, 2.24) is 0 Å². The van der Waals surface area contributed by atoms with E-state index in [0.29, 0.717) is 18.0 Å². The van der Waals surface area contributed by atoms with Crippen molar-refractivity contribution in [3.8, 4) is 5.75 Å². The van der Waals surface area contributed by atoms with Gasteiger partial charge in [0.25, 0.3) is 5.91 Å². The maximum absolute atomic E-state index is 12.9. The quantitative estimate of drug-likeness (QED) is 0.270. The molecule has 0 unspecified atom stereocenters. The molecular formula is C24H20FN3O3. The van der Waals surface area contributed by atoms with E-state index < -0.39 is 23.2 Å². The van der Waals surface area contributed by atoms with E-state index in [-0.39, 0.29) is 5.69 Å². The minimum Gasteiger partial charge on any atom is -0.487 e. The number of nitrogens with one attached hydrogen (secondary N) is 3. The van der Waals surface area contributed by atoms with E-state index in [1.807, 2.05) is 42.5 Å². The Hall–Kier alpha value is -4.26. The van der Waals surface area contributed by atoms with E-state index in [1.165, 1.54) is 30.5 Å². The standard InChI is InChI=1S/C24H20FN3O3/c25-18-10-12-19(13-11-18)28-24(30)23(26)21(29)14-15-27-20-8-4-5-9-22(20)31-16-17-6-2-1-3-7-17/h1-15,26-27H,16H2,(H,28,30)/b15-14-,26-23?. The molecule has 0 spiro atoms. The van der Waals surface area contributed by atoms with Crippen LogP contribution in [-0.4, -0.2) is 17.4 Å². The topological polar surface area (TPSA) is 91.3 Å². The van der Waals surface area contributed by atoms with Gasteiger partial charge in [0.2, 0.25) is 5.78 Å². The number of amides is 1. The van der Waals surface area contributed by atoms with Crippen molar-refractivity contribution in [3.63, 3.8) is 0 Å². The summed E-state index contributed by atoms with van der Waals surface area (Å²) in [5.74, 6) is -1.53. The van der Waals surface area contributed by atoms with Crippen molar-refractivity contribution in [2.45, 2.75) is 6.61 Å². The molecule has 31 heavy (non-hydrogen) atoms. The number of ether oxygens (including phenoxy) is 1. The molecule has 0 aliphatic carbocycles. The van der Waals surface area contributed by atoms with Crippen LogP contribution in [0.3, 0.4) is 0 Å². The molecule has 156 valence electrons. The van der Waals surface area contributed by atoms with Gasteiger partial charge in [0, 0.05) is 18.0 Å². The molecule has 6 nitrogen and oxygen atoms in total. The van der Waals surface area contributed by atoms with Crippen LogP contribution in [-0.2, 0) is 16.2 Å². The molecule has 7 heteroatoms. The molecule has 0 saturated carbocycles. The lowest BCUT2D eigenvalue weighted by molar-refractivity contribution is -0.113. The number of carbonyl (C=O) groups excluding carboxylic acids is 2.